The normalized spacial score (nSPS) is 12.6. The van der Waals surface area contributed by atoms with Crippen molar-refractivity contribution < 1.29 is 9.53 Å². The summed E-state index contributed by atoms with van der Waals surface area (Å²) in [7, 11) is 0. The Morgan fingerprint density at radius 1 is 1.10 bits per heavy atom. The molecule has 1 aromatic carbocycles. The van der Waals surface area contributed by atoms with Gasteiger partial charge in [0.2, 0.25) is 0 Å². The van der Waals surface area contributed by atoms with Crippen LogP contribution < -0.4 is 4.74 Å². The summed E-state index contributed by atoms with van der Waals surface area (Å²) >= 11 is 0. The van der Waals surface area contributed by atoms with E-state index in [1.54, 1.807) is 6.92 Å². The Morgan fingerprint density at radius 2 is 1.55 bits per heavy atom. The van der Waals surface area contributed by atoms with Crippen LogP contribution in [0.2, 0.25) is 0 Å². The summed E-state index contributed by atoms with van der Waals surface area (Å²) in [6.07, 6.45) is 2.59. The minimum absolute atomic E-state index is 0.128. The molecule has 0 unspecified atom stereocenters. The first-order valence-corrected chi connectivity index (χ1v) is 7.83. The van der Waals surface area contributed by atoms with Gasteiger partial charge in [-0.05, 0) is 62.8 Å². The molecule has 20 heavy (non-hydrogen) atoms. The maximum absolute atomic E-state index is 11.4. The van der Waals surface area contributed by atoms with Crippen molar-refractivity contribution in [3.05, 3.63) is 28.8 Å². The highest BCUT2D eigenvalue weighted by atomic mass is 16.5. The van der Waals surface area contributed by atoms with Crippen molar-refractivity contribution in [1.29, 1.82) is 0 Å². The van der Waals surface area contributed by atoms with Crippen molar-refractivity contribution in [3.63, 3.8) is 0 Å². The molecule has 0 spiro atoms. The molecule has 1 aliphatic carbocycles. The lowest BCUT2D eigenvalue weighted by atomic mass is 9.99. The lowest BCUT2D eigenvalue weighted by Crippen LogP contribution is -2.03. The zero-order valence-electron chi connectivity index (χ0n) is 14.2. The average molecular weight is 278 g/mol. The number of carbonyl (C=O) groups excluding carboxylic acids is 1. The van der Waals surface area contributed by atoms with Crippen LogP contribution >= 0.6 is 0 Å². The fraction of sp³-hybridized carbons (Fsp3) is 0.611. The molecule has 0 saturated heterocycles. The van der Waals surface area contributed by atoms with Gasteiger partial charge in [0.1, 0.15) is 5.75 Å². The van der Waals surface area contributed by atoms with E-state index in [-0.39, 0.29) is 5.78 Å². The van der Waals surface area contributed by atoms with E-state index < -0.39 is 0 Å². The quantitative estimate of drug-likeness (QED) is 0.694. The largest absolute Gasteiger partial charge is 0.493 e. The van der Waals surface area contributed by atoms with Gasteiger partial charge in [-0.3, -0.25) is 4.79 Å². The van der Waals surface area contributed by atoms with Gasteiger partial charge in [-0.15, -0.1) is 0 Å². The van der Waals surface area contributed by atoms with Crippen LogP contribution in [-0.4, -0.2) is 12.4 Å². The van der Waals surface area contributed by atoms with Crippen LogP contribution in [-0.2, 0) is 0 Å². The number of hydrogen-bond donors (Lipinski definition) is 0. The number of Topliss-reactive ketones (excluding diaryl/α,β-unsaturated/α-hetero) is 1. The van der Waals surface area contributed by atoms with Crippen molar-refractivity contribution in [2.45, 2.75) is 61.3 Å². The zero-order valence-corrected chi connectivity index (χ0v) is 14.2. The predicted octanol–water partition coefficient (Wildman–Crippen LogP) is 5.35. The number of benzene rings is 1. The van der Waals surface area contributed by atoms with Gasteiger partial charge in [-0.1, -0.05) is 27.7 Å². The number of ether oxygens (including phenoxy) is 1. The maximum Gasteiger partial charge on any atom is 0.160 e. The number of carbonyl (C=O) groups is 1. The molecule has 0 heterocycles. The van der Waals surface area contributed by atoms with Crippen molar-refractivity contribution in [3.8, 4) is 5.75 Å². The molecule has 1 saturated carbocycles. The summed E-state index contributed by atoms with van der Waals surface area (Å²) in [5, 5.41) is 0. The molecule has 1 fully saturated rings. The number of ketones is 1. The van der Waals surface area contributed by atoms with Crippen molar-refractivity contribution in [1.82, 2.24) is 0 Å². The van der Waals surface area contributed by atoms with E-state index in [0.717, 1.165) is 35.0 Å². The SMILES string of the molecule is CC.CC.CC(=O)c1c(C)cc(OCC2CC2)cc1C. The molecule has 2 nitrogen and oxygen atoms in total. The first-order chi connectivity index (χ1) is 9.58. The Kier molecular flexibility index (Phi) is 8.94. The van der Waals surface area contributed by atoms with Crippen LogP contribution in [0, 0.1) is 19.8 Å². The highest BCUT2D eigenvalue weighted by molar-refractivity contribution is 5.97. The van der Waals surface area contributed by atoms with Gasteiger partial charge in [0.15, 0.2) is 5.78 Å². The summed E-state index contributed by atoms with van der Waals surface area (Å²) in [5.74, 6) is 1.78. The van der Waals surface area contributed by atoms with Crippen molar-refractivity contribution in [2.24, 2.45) is 5.92 Å². The van der Waals surface area contributed by atoms with Crippen LogP contribution in [0.4, 0.5) is 0 Å². The molecule has 0 atom stereocenters. The third-order valence-corrected chi connectivity index (χ3v) is 3.04. The highest BCUT2D eigenvalue weighted by Gasteiger charge is 2.22. The smallest absolute Gasteiger partial charge is 0.160 e. The van der Waals surface area contributed by atoms with Gasteiger partial charge in [-0.25, -0.2) is 0 Å². The fourth-order valence-electron chi connectivity index (χ4n) is 2.06. The summed E-state index contributed by atoms with van der Waals surface area (Å²) in [6, 6.07) is 3.93. The van der Waals surface area contributed by atoms with Gasteiger partial charge in [-0.2, -0.15) is 0 Å². The lowest BCUT2D eigenvalue weighted by Gasteiger charge is -2.11. The first-order valence-electron chi connectivity index (χ1n) is 7.83. The summed E-state index contributed by atoms with van der Waals surface area (Å²) in [4.78, 5) is 11.4. The monoisotopic (exact) mass is 278 g/mol. The Balaban J connectivity index is 0.000000829. The van der Waals surface area contributed by atoms with Gasteiger partial charge >= 0.3 is 0 Å². The molecule has 2 heteroatoms. The maximum atomic E-state index is 11.4. The Labute approximate surface area is 124 Å². The fourth-order valence-corrected chi connectivity index (χ4v) is 2.06. The summed E-state index contributed by atoms with van der Waals surface area (Å²) in [5.41, 5.74) is 2.86. The van der Waals surface area contributed by atoms with E-state index in [9.17, 15) is 4.79 Å². The van der Waals surface area contributed by atoms with Gasteiger partial charge < -0.3 is 4.74 Å². The summed E-state index contributed by atoms with van der Waals surface area (Å²) < 4.78 is 5.72. The Hall–Kier alpha value is -1.31. The molecule has 0 radical (unpaired) electrons. The van der Waals surface area contributed by atoms with Gasteiger partial charge in [0.25, 0.3) is 0 Å². The molecule has 0 aliphatic heterocycles. The average Bonchev–Trinajstić information content (AvgIpc) is 3.24. The minimum Gasteiger partial charge on any atom is -0.493 e. The molecular formula is C18H30O2. The Bertz CT molecular complexity index is 394. The van der Waals surface area contributed by atoms with Crippen LogP contribution in [0.3, 0.4) is 0 Å². The summed E-state index contributed by atoms with van der Waals surface area (Å²) in [6.45, 7) is 14.4. The molecule has 1 aliphatic rings. The lowest BCUT2D eigenvalue weighted by molar-refractivity contribution is 0.101. The highest BCUT2D eigenvalue weighted by Crippen LogP contribution is 2.30. The molecule has 1 aromatic rings. The first kappa shape index (κ1) is 18.7. The number of aryl methyl sites for hydroxylation is 2. The second kappa shape index (κ2) is 9.57. The van der Waals surface area contributed by atoms with Crippen LogP contribution in [0.1, 0.15) is 68.9 Å². The Morgan fingerprint density at radius 3 is 1.90 bits per heavy atom. The molecule has 0 N–H and O–H groups in total. The second-order valence-electron chi connectivity index (χ2n) is 4.74. The van der Waals surface area contributed by atoms with Crippen LogP contribution in [0.25, 0.3) is 0 Å². The molecule has 2 rings (SSSR count). The standard InChI is InChI=1S/C14H18O2.2C2H6/c1-9-6-13(16-8-12-4-5-12)7-10(2)14(9)11(3)15;2*1-2/h6-7,12H,4-5,8H2,1-3H3;2*1-2H3. The van der Waals surface area contributed by atoms with Crippen LogP contribution in [0.5, 0.6) is 5.75 Å². The number of hydrogen-bond acceptors (Lipinski definition) is 2. The van der Waals surface area contributed by atoms with Crippen molar-refractivity contribution in [2.75, 3.05) is 6.61 Å². The predicted molar refractivity (Wildman–Crippen MR) is 86.8 cm³/mol. The van der Waals surface area contributed by atoms with E-state index in [2.05, 4.69) is 0 Å². The van der Waals surface area contributed by atoms with Gasteiger partial charge in [0.05, 0.1) is 6.61 Å². The van der Waals surface area contributed by atoms with E-state index >= 15 is 0 Å². The van der Waals surface area contributed by atoms with Gasteiger partial charge in [0, 0.05) is 5.56 Å². The topological polar surface area (TPSA) is 26.3 Å². The third-order valence-electron chi connectivity index (χ3n) is 3.04. The molecule has 0 aromatic heterocycles. The van der Waals surface area contributed by atoms with E-state index in [1.165, 1.54) is 12.8 Å². The molecular weight excluding hydrogens is 248 g/mol. The molecule has 114 valence electrons. The zero-order chi connectivity index (χ0) is 15.7. The van der Waals surface area contributed by atoms with Crippen molar-refractivity contribution >= 4 is 5.78 Å². The van der Waals surface area contributed by atoms with E-state index in [0.29, 0.717) is 0 Å². The third kappa shape index (κ3) is 5.77. The molecule has 0 amide bonds. The molecule has 0 bridgehead atoms. The van der Waals surface area contributed by atoms with Crippen LogP contribution in [0.15, 0.2) is 12.1 Å². The minimum atomic E-state index is 0.128. The number of rotatable bonds is 4. The van der Waals surface area contributed by atoms with E-state index in [4.69, 9.17) is 4.74 Å². The second-order valence-corrected chi connectivity index (χ2v) is 4.74. The van der Waals surface area contributed by atoms with E-state index in [1.807, 2.05) is 53.7 Å².